The van der Waals surface area contributed by atoms with Crippen LogP contribution in [0.4, 0.5) is 0 Å². The number of hydrogen-bond donors (Lipinski definition) is 1. The highest BCUT2D eigenvalue weighted by atomic mass is 16.5. The maximum Gasteiger partial charge on any atom is 0.339 e. The average Bonchev–Trinajstić information content (AvgIpc) is 2.18. The first-order valence-electron chi connectivity index (χ1n) is 4.03. The largest absolute Gasteiger partial charge is 0.478 e. The second kappa shape index (κ2) is 4.28. The van der Waals surface area contributed by atoms with E-state index in [-0.39, 0.29) is 11.3 Å². The third-order valence-corrected chi connectivity index (χ3v) is 1.60. The molecule has 0 spiro atoms. The first-order valence-corrected chi connectivity index (χ1v) is 4.03. The maximum absolute atomic E-state index is 10.7. The van der Waals surface area contributed by atoms with Gasteiger partial charge in [0.25, 0.3) is 0 Å². The van der Waals surface area contributed by atoms with Crippen molar-refractivity contribution < 1.29 is 14.6 Å². The standard InChI is InChI=1S/C10H9NO3/c1-7(6-11)14-9-5-3-2-4-8(9)10(12)13/h2-5,7H,1H3,(H,12,13). The smallest absolute Gasteiger partial charge is 0.339 e. The van der Waals surface area contributed by atoms with Gasteiger partial charge in [0, 0.05) is 0 Å². The number of rotatable bonds is 3. The number of carbonyl (C=O) groups is 1. The normalized spacial score (nSPS) is 11.4. The number of nitriles is 1. The van der Waals surface area contributed by atoms with Gasteiger partial charge in [0.1, 0.15) is 17.4 Å². The summed E-state index contributed by atoms with van der Waals surface area (Å²) in [5, 5.41) is 17.3. The Bertz CT molecular complexity index is 381. The average molecular weight is 191 g/mol. The van der Waals surface area contributed by atoms with Crippen LogP contribution in [-0.2, 0) is 0 Å². The summed E-state index contributed by atoms with van der Waals surface area (Å²) < 4.78 is 5.11. The van der Waals surface area contributed by atoms with Crippen LogP contribution in [0.15, 0.2) is 24.3 Å². The third kappa shape index (κ3) is 2.23. The van der Waals surface area contributed by atoms with Crippen molar-refractivity contribution in [2.75, 3.05) is 0 Å². The molecule has 4 nitrogen and oxygen atoms in total. The molecule has 1 atom stereocenters. The molecule has 0 amide bonds. The fourth-order valence-corrected chi connectivity index (χ4v) is 0.963. The zero-order chi connectivity index (χ0) is 10.6. The summed E-state index contributed by atoms with van der Waals surface area (Å²) in [6, 6.07) is 8.08. The van der Waals surface area contributed by atoms with E-state index in [1.54, 1.807) is 19.1 Å². The van der Waals surface area contributed by atoms with Crippen LogP contribution < -0.4 is 4.74 Å². The third-order valence-electron chi connectivity index (χ3n) is 1.60. The van der Waals surface area contributed by atoms with Crippen LogP contribution in [0.5, 0.6) is 5.75 Å². The molecule has 0 heterocycles. The van der Waals surface area contributed by atoms with Crippen molar-refractivity contribution in [3.63, 3.8) is 0 Å². The Kier molecular flexibility index (Phi) is 3.08. The zero-order valence-corrected chi connectivity index (χ0v) is 7.60. The molecule has 14 heavy (non-hydrogen) atoms. The molecular formula is C10H9NO3. The van der Waals surface area contributed by atoms with Gasteiger partial charge in [0.2, 0.25) is 0 Å². The van der Waals surface area contributed by atoms with Gasteiger partial charge in [0.15, 0.2) is 6.10 Å². The van der Waals surface area contributed by atoms with Crippen LogP contribution in [0.1, 0.15) is 17.3 Å². The molecule has 1 unspecified atom stereocenters. The van der Waals surface area contributed by atoms with Crippen LogP contribution >= 0.6 is 0 Å². The van der Waals surface area contributed by atoms with E-state index in [9.17, 15) is 4.79 Å². The van der Waals surface area contributed by atoms with Gasteiger partial charge >= 0.3 is 5.97 Å². The Morgan fingerprint density at radius 1 is 1.57 bits per heavy atom. The predicted octanol–water partition coefficient (Wildman–Crippen LogP) is 1.68. The Morgan fingerprint density at radius 3 is 2.79 bits per heavy atom. The lowest BCUT2D eigenvalue weighted by Crippen LogP contribution is -2.11. The summed E-state index contributed by atoms with van der Waals surface area (Å²) >= 11 is 0. The number of nitrogens with zero attached hydrogens (tertiary/aromatic N) is 1. The topological polar surface area (TPSA) is 70.3 Å². The van der Waals surface area contributed by atoms with Crippen LogP contribution in [0, 0.1) is 11.3 Å². The summed E-state index contributed by atoms with van der Waals surface area (Å²) in [6.45, 7) is 1.55. The van der Waals surface area contributed by atoms with Crippen molar-refractivity contribution >= 4 is 5.97 Å². The number of aromatic carboxylic acids is 1. The monoisotopic (exact) mass is 191 g/mol. The SMILES string of the molecule is CC(C#N)Oc1ccccc1C(=O)O. The van der Waals surface area contributed by atoms with Gasteiger partial charge in [-0.2, -0.15) is 5.26 Å². The molecule has 4 heteroatoms. The molecule has 1 aromatic carbocycles. The van der Waals surface area contributed by atoms with Crippen LogP contribution in [0.2, 0.25) is 0 Å². The number of carboxylic acid groups (broad SMARTS) is 1. The Morgan fingerprint density at radius 2 is 2.21 bits per heavy atom. The van der Waals surface area contributed by atoms with E-state index in [4.69, 9.17) is 15.1 Å². The molecule has 72 valence electrons. The van der Waals surface area contributed by atoms with E-state index in [1.165, 1.54) is 12.1 Å². The lowest BCUT2D eigenvalue weighted by Gasteiger charge is -2.09. The summed E-state index contributed by atoms with van der Waals surface area (Å²) in [7, 11) is 0. The van der Waals surface area contributed by atoms with Gasteiger partial charge < -0.3 is 9.84 Å². The van der Waals surface area contributed by atoms with Crippen LogP contribution in [0.25, 0.3) is 0 Å². The van der Waals surface area contributed by atoms with Gasteiger partial charge in [-0.3, -0.25) is 0 Å². The van der Waals surface area contributed by atoms with E-state index in [1.807, 2.05) is 6.07 Å². The fourth-order valence-electron chi connectivity index (χ4n) is 0.963. The van der Waals surface area contributed by atoms with Crippen molar-refractivity contribution in [2.24, 2.45) is 0 Å². The molecule has 0 saturated carbocycles. The molecule has 1 aromatic rings. The number of ether oxygens (including phenoxy) is 1. The van der Waals surface area contributed by atoms with Gasteiger partial charge in [-0.1, -0.05) is 12.1 Å². The van der Waals surface area contributed by atoms with Crippen LogP contribution in [0.3, 0.4) is 0 Å². The lowest BCUT2D eigenvalue weighted by atomic mass is 10.2. The second-order valence-electron chi connectivity index (χ2n) is 2.69. The van der Waals surface area contributed by atoms with Crippen molar-refractivity contribution in [2.45, 2.75) is 13.0 Å². The minimum absolute atomic E-state index is 0.0644. The van der Waals surface area contributed by atoms with E-state index in [2.05, 4.69) is 0 Å². The predicted molar refractivity (Wildman–Crippen MR) is 49.1 cm³/mol. The van der Waals surface area contributed by atoms with Gasteiger partial charge in [0.05, 0.1) is 0 Å². The zero-order valence-electron chi connectivity index (χ0n) is 7.60. The molecule has 0 aliphatic heterocycles. The summed E-state index contributed by atoms with van der Waals surface area (Å²) in [6.07, 6.45) is -0.657. The highest BCUT2D eigenvalue weighted by Crippen LogP contribution is 2.18. The highest BCUT2D eigenvalue weighted by molar-refractivity contribution is 5.90. The number of hydrogen-bond acceptors (Lipinski definition) is 3. The maximum atomic E-state index is 10.7. The minimum Gasteiger partial charge on any atom is -0.478 e. The molecule has 1 N–H and O–H groups in total. The second-order valence-corrected chi connectivity index (χ2v) is 2.69. The summed E-state index contributed by atoms with van der Waals surface area (Å²) in [4.78, 5) is 10.7. The van der Waals surface area contributed by atoms with Gasteiger partial charge in [-0.15, -0.1) is 0 Å². The quantitative estimate of drug-likeness (QED) is 0.788. The van der Waals surface area contributed by atoms with Crippen molar-refractivity contribution in [1.29, 1.82) is 5.26 Å². The molecule has 1 rings (SSSR count). The first kappa shape index (κ1) is 10.1. The Labute approximate surface area is 81.4 Å². The molecule has 0 fully saturated rings. The summed E-state index contributed by atoms with van der Waals surface area (Å²) in [5.41, 5.74) is 0.0644. The Balaban J connectivity index is 2.97. The highest BCUT2D eigenvalue weighted by Gasteiger charge is 2.11. The van der Waals surface area contributed by atoms with Gasteiger partial charge in [-0.05, 0) is 19.1 Å². The first-order chi connectivity index (χ1) is 6.65. The molecule has 0 bridgehead atoms. The lowest BCUT2D eigenvalue weighted by molar-refractivity contribution is 0.0691. The summed E-state index contributed by atoms with van der Waals surface area (Å²) in [5.74, 6) is -0.847. The van der Waals surface area contributed by atoms with E-state index < -0.39 is 12.1 Å². The molecule has 0 aliphatic rings. The molecule has 0 aromatic heterocycles. The van der Waals surface area contributed by atoms with E-state index >= 15 is 0 Å². The molecule has 0 radical (unpaired) electrons. The van der Waals surface area contributed by atoms with Gasteiger partial charge in [-0.25, -0.2) is 4.79 Å². The van der Waals surface area contributed by atoms with Crippen molar-refractivity contribution in [1.82, 2.24) is 0 Å². The molecular weight excluding hydrogens is 182 g/mol. The van der Waals surface area contributed by atoms with Crippen molar-refractivity contribution in [3.8, 4) is 11.8 Å². The Hall–Kier alpha value is -2.02. The van der Waals surface area contributed by atoms with Crippen molar-refractivity contribution in [3.05, 3.63) is 29.8 Å². The molecule has 0 aliphatic carbocycles. The fraction of sp³-hybridized carbons (Fsp3) is 0.200. The van der Waals surface area contributed by atoms with E-state index in [0.717, 1.165) is 0 Å². The molecule has 0 saturated heterocycles. The number of para-hydroxylation sites is 1. The number of carboxylic acids is 1. The number of benzene rings is 1. The van der Waals surface area contributed by atoms with Crippen LogP contribution in [-0.4, -0.2) is 17.2 Å². The van der Waals surface area contributed by atoms with E-state index in [0.29, 0.717) is 0 Å². The minimum atomic E-state index is -1.06.